The zero-order valence-electron chi connectivity index (χ0n) is 12.5. The monoisotopic (exact) mass is 273 g/mol. The van der Waals surface area contributed by atoms with Crippen LogP contribution in [0.25, 0.3) is 10.8 Å². The molecule has 0 amide bonds. The average molecular weight is 273 g/mol. The van der Waals surface area contributed by atoms with E-state index in [2.05, 4.69) is 19.2 Å². The smallest absolute Gasteiger partial charge is 0.131 e. The highest BCUT2D eigenvalue weighted by molar-refractivity contribution is 5.86. The first-order valence-electron chi connectivity index (χ1n) is 7.58. The summed E-state index contributed by atoms with van der Waals surface area (Å²) in [4.78, 5) is 0. The molecule has 1 nitrogen and oxygen atoms in total. The molecule has 2 heteroatoms. The van der Waals surface area contributed by atoms with E-state index in [0.29, 0.717) is 6.04 Å². The maximum atomic E-state index is 13.7. The molecule has 0 bridgehead atoms. The number of fused-ring (bicyclic) bond motifs is 1. The summed E-state index contributed by atoms with van der Waals surface area (Å²) in [6, 6.07) is 11.9. The van der Waals surface area contributed by atoms with Gasteiger partial charge < -0.3 is 5.32 Å². The van der Waals surface area contributed by atoms with Crippen LogP contribution in [-0.4, -0.2) is 12.6 Å². The van der Waals surface area contributed by atoms with Crippen molar-refractivity contribution in [3.8, 4) is 0 Å². The largest absolute Gasteiger partial charge is 0.315 e. The molecule has 2 aromatic carbocycles. The minimum atomic E-state index is -0.120. The number of hydrogen-bond donors (Lipinski definition) is 1. The van der Waals surface area contributed by atoms with Gasteiger partial charge in [0.25, 0.3) is 0 Å². The lowest BCUT2D eigenvalue weighted by molar-refractivity contribution is 0.548. The number of nitrogens with one attached hydrogen (secondary N) is 1. The van der Waals surface area contributed by atoms with Crippen molar-refractivity contribution in [3.63, 3.8) is 0 Å². The van der Waals surface area contributed by atoms with Crippen LogP contribution in [0.5, 0.6) is 0 Å². The molecule has 20 heavy (non-hydrogen) atoms. The quantitative estimate of drug-likeness (QED) is 0.722. The number of rotatable bonds is 7. The highest BCUT2D eigenvalue weighted by atomic mass is 19.1. The third-order valence-corrected chi connectivity index (χ3v) is 3.64. The minimum absolute atomic E-state index is 0.120. The van der Waals surface area contributed by atoms with Gasteiger partial charge in [0.1, 0.15) is 5.82 Å². The molecule has 0 heterocycles. The van der Waals surface area contributed by atoms with Crippen LogP contribution in [0.15, 0.2) is 36.4 Å². The van der Waals surface area contributed by atoms with Crippen LogP contribution in [0.3, 0.4) is 0 Å². The minimum Gasteiger partial charge on any atom is -0.315 e. The van der Waals surface area contributed by atoms with E-state index in [0.717, 1.165) is 30.2 Å². The molecule has 108 valence electrons. The standard InChI is InChI=1S/C18H24FN/c1-14(2)20-13-7-3-4-8-15-11-12-18(19)17-10-6-5-9-16(15)17/h5-6,9-12,14,20H,3-4,7-8,13H2,1-2H3. The number of benzene rings is 2. The molecular formula is C18H24FN. The van der Waals surface area contributed by atoms with Crippen molar-refractivity contribution >= 4 is 10.8 Å². The van der Waals surface area contributed by atoms with E-state index >= 15 is 0 Å². The van der Waals surface area contributed by atoms with Crippen molar-refractivity contribution in [2.45, 2.75) is 45.6 Å². The van der Waals surface area contributed by atoms with Crippen molar-refractivity contribution in [2.24, 2.45) is 0 Å². The molecule has 0 unspecified atom stereocenters. The Morgan fingerprint density at radius 2 is 1.70 bits per heavy atom. The Labute approximate surface area is 121 Å². The fraction of sp³-hybridized carbons (Fsp3) is 0.444. The van der Waals surface area contributed by atoms with Crippen LogP contribution in [0.2, 0.25) is 0 Å². The lowest BCUT2D eigenvalue weighted by Gasteiger charge is -2.09. The Bertz CT molecular complexity index is 548. The van der Waals surface area contributed by atoms with E-state index in [1.54, 1.807) is 6.07 Å². The van der Waals surface area contributed by atoms with Crippen molar-refractivity contribution in [1.82, 2.24) is 5.32 Å². The summed E-state index contributed by atoms with van der Waals surface area (Å²) in [7, 11) is 0. The summed E-state index contributed by atoms with van der Waals surface area (Å²) >= 11 is 0. The average Bonchev–Trinajstić information content (AvgIpc) is 2.45. The Kier molecular flexibility index (Phi) is 5.54. The van der Waals surface area contributed by atoms with Gasteiger partial charge in [-0.2, -0.15) is 0 Å². The molecule has 0 aliphatic rings. The molecule has 0 spiro atoms. The number of aryl methyl sites for hydroxylation is 1. The zero-order valence-corrected chi connectivity index (χ0v) is 12.5. The molecule has 0 radical (unpaired) electrons. The summed E-state index contributed by atoms with van der Waals surface area (Å²) in [6.07, 6.45) is 4.61. The van der Waals surface area contributed by atoms with Crippen LogP contribution in [0.4, 0.5) is 4.39 Å². The van der Waals surface area contributed by atoms with Crippen molar-refractivity contribution < 1.29 is 4.39 Å². The van der Waals surface area contributed by atoms with Gasteiger partial charge in [0.15, 0.2) is 0 Å². The van der Waals surface area contributed by atoms with Gasteiger partial charge >= 0.3 is 0 Å². The number of halogens is 1. The fourth-order valence-electron chi connectivity index (χ4n) is 2.55. The fourth-order valence-corrected chi connectivity index (χ4v) is 2.55. The van der Waals surface area contributed by atoms with Gasteiger partial charge in [0.2, 0.25) is 0 Å². The molecule has 2 rings (SSSR count). The molecule has 1 N–H and O–H groups in total. The Hall–Kier alpha value is -1.41. The summed E-state index contributed by atoms with van der Waals surface area (Å²) in [6.45, 7) is 5.43. The number of unbranched alkanes of at least 4 members (excludes halogenated alkanes) is 2. The number of hydrogen-bond acceptors (Lipinski definition) is 1. The first kappa shape index (κ1) is 15.0. The Morgan fingerprint density at radius 1 is 0.950 bits per heavy atom. The van der Waals surface area contributed by atoms with Gasteiger partial charge in [0.05, 0.1) is 0 Å². The van der Waals surface area contributed by atoms with Crippen molar-refractivity contribution in [3.05, 3.63) is 47.8 Å². The van der Waals surface area contributed by atoms with Gasteiger partial charge in [-0.25, -0.2) is 4.39 Å². The summed E-state index contributed by atoms with van der Waals surface area (Å²) in [5.41, 5.74) is 1.26. The zero-order chi connectivity index (χ0) is 14.4. The Morgan fingerprint density at radius 3 is 2.45 bits per heavy atom. The van der Waals surface area contributed by atoms with Gasteiger partial charge in [-0.3, -0.25) is 0 Å². The SMILES string of the molecule is CC(C)NCCCCCc1ccc(F)c2ccccc12. The van der Waals surface area contributed by atoms with Gasteiger partial charge in [0, 0.05) is 11.4 Å². The topological polar surface area (TPSA) is 12.0 Å². The third-order valence-electron chi connectivity index (χ3n) is 3.64. The normalized spacial score (nSPS) is 11.4. The predicted octanol–water partition coefficient (Wildman–Crippen LogP) is 4.69. The molecule has 0 atom stereocenters. The molecule has 0 aromatic heterocycles. The molecule has 0 aliphatic heterocycles. The van der Waals surface area contributed by atoms with Crippen LogP contribution < -0.4 is 5.32 Å². The van der Waals surface area contributed by atoms with Crippen LogP contribution >= 0.6 is 0 Å². The molecular weight excluding hydrogens is 249 g/mol. The highest BCUT2D eigenvalue weighted by Crippen LogP contribution is 2.23. The van der Waals surface area contributed by atoms with Gasteiger partial charge in [-0.15, -0.1) is 0 Å². The van der Waals surface area contributed by atoms with Gasteiger partial charge in [-0.1, -0.05) is 50.6 Å². The van der Waals surface area contributed by atoms with E-state index in [1.807, 2.05) is 30.3 Å². The van der Waals surface area contributed by atoms with E-state index in [-0.39, 0.29) is 5.82 Å². The first-order valence-corrected chi connectivity index (χ1v) is 7.58. The van der Waals surface area contributed by atoms with E-state index in [1.165, 1.54) is 18.4 Å². The lowest BCUT2D eigenvalue weighted by atomic mass is 9.99. The van der Waals surface area contributed by atoms with Crippen LogP contribution in [0.1, 0.15) is 38.7 Å². The molecule has 0 aliphatic carbocycles. The molecule has 0 saturated carbocycles. The molecule has 2 aromatic rings. The second-order valence-electron chi connectivity index (χ2n) is 5.67. The maximum absolute atomic E-state index is 13.7. The maximum Gasteiger partial charge on any atom is 0.131 e. The molecule has 0 saturated heterocycles. The summed E-state index contributed by atoms with van der Waals surface area (Å²) in [5.74, 6) is -0.120. The van der Waals surface area contributed by atoms with E-state index < -0.39 is 0 Å². The van der Waals surface area contributed by atoms with Crippen LogP contribution in [0, 0.1) is 5.82 Å². The van der Waals surface area contributed by atoms with E-state index in [4.69, 9.17) is 0 Å². The van der Waals surface area contributed by atoms with Crippen molar-refractivity contribution in [1.29, 1.82) is 0 Å². The highest BCUT2D eigenvalue weighted by Gasteiger charge is 2.04. The first-order chi connectivity index (χ1) is 9.68. The predicted molar refractivity (Wildman–Crippen MR) is 84.6 cm³/mol. The van der Waals surface area contributed by atoms with Crippen molar-refractivity contribution in [2.75, 3.05) is 6.54 Å². The summed E-state index contributed by atoms with van der Waals surface area (Å²) < 4.78 is 13.7. The van der Waals surface area contributed by atoms with E-state index in [9.17, 15) is 4.39 Å². The second-order valence-corrected chi connectivity index (χ2v) is 5.67. The van der Waals surface area contributed by atoms with Gasteiger partial charge in [-0.05, 0) is 42.8 Å². The molecule has 0 fully saturated rings. The summed E-state index contributed by atoms with van der Waals surface area (Å²) in [5, 5.41) is 5.24. The van der Waals surface area contributed by atoms with Crippen LogP contribution in [-0.2, 0) is 6.42 Å². The second kappa shape index (κ2) is 7.39. The third kappa shape index (κ3) is 4.04. The Balaban J connectivity index is 1.89. The lowest BCUT2D eigenvalue weighted by Crippen LogP contribution is -2.23.